The molecule has 5 nitrogen and oxygen atoms in total. The minimum atomic E-state index is -0.870. The molecule has 0 saturated carbocycles. The molecular formula is C11H16FN3O2S. The van der Waals surface area contributed by atoms with Crippen LogP contribution < -0.4 is 11.1 Å². The summed E-state index contributed by atoms with van der Waals surface area (Å²) in [5.41, 5.74) is 5.84. The summed E-state index contributed by atoms with van der Waals surface area (Å²) in [7, 11) is -0.870. The van der Waals surface area contributed by atoms with Crippen LogP contribution in [-0.2, 0) is 17.3 Å². The quantitative estimate of drug-likeness (QED) is 0.230. The Hall–Kier alpha value is -1.47. The summed E-state index contributed by atoms with van der Waals surface area (Å²) < 4.78 is 24.8. The Morgan fingerprint density at radius 1 is 1.61 bits per heavy atom. The van der Waals surface area contributed by atoms with Crippen LogP contribution in [0.4, 0.5) is 4.39 Å². The van der Waals surface area contributed by atoms with Gasteiger partial charge in [-0.3, -0.25) is 4.21 Å². The van der Waals surface area contributed by atoms with Gasteiger partial charge in [-0.2, -0.15) is 0 Å². The molecule has 1 unspecified atom stereocenters. The highest BCUT2D eigenvalue weighted by atomic mass is 32.2. The van der Waals surface area contributed by atoms with Crippen LogP contribution in [0.5, 0.6) is 0 Å². The van der Waals surface area contributed by atoms with Crippen molar-refractivity contribution in [2.75, 3.05) is 18.6 Å². The maximum Gasteiger partial charge on any atom is 0.173 e. The Labute approximate surface area is 107 Å². The van der Waals surface area contributed by atoms with Crippen molar-refractivity contribution in [1.29, 1.82) is 0 Å². The first-order valence-corrected chi connectivity index (χ1v) is 7.05. The van der Waals surface area contributed by atoms with Crippen LogP contribution in [-0.4, -0.2) is 33.8 Å². The maximum atomic E-state index is 13.9. The number of nitrogens with two attached hydrogens (primary N) is 1. The topological polar surface area (TPSA) is 87.7 Å². The average Bonchev–Trinajstić information content (AvgIpc) is 2.35. The lowest BCUT2D eigenvalue weighted by molar-refractivity contribution is 0.318. The van der Waals surface area contributed by atoms with Crippen molar-refractivity contribution >= 4 is 16.6 Å². The molecule has 0 aliphatic heterocycles. The summed E-state index contributed by atoms with van der Waals surface area (Å²) in [6, 6.07) is 4.68. The molecule has 0 aliphatic carbocycles. The van der Waals surface area contributed by atoms with Gasteiger partial charge in [0.1, 0.15) is 5.82 Å². The first-order valence-electron chi connectivity index (χ1n) is 5.32. The van der Waals surface area contributed by atoms with E-state index in [-0.39, 0.29) is 11.4 Å². The number of oxime groups is 1. The number of rotatable bonds is 6. The highest BCUT2D eigenvalue weighted by Gasteiger charge is 2.10. The molecule has 0 radical (unpaired) electrons. The van der Waals surface area contributed by atoms with E-state index in [1.165, 1.54) is 6.07 Å². The molecule has 1 rings (SSSR count). The van der Waals surface area contributed by atoms with E-state index in [1.807, 2.05) is 0 Å². The van der Waals surface area contributed by atoms with Gasteiger partial charge in [-0.25, -0.2) is 4.39 Å². The molecule has 0 bridgehead atoms. The maximum absolute atomic E-state index is 13.9. The molecule has 0 spiro atoms. The molecule has 18 heavy (non-hydrogen) atoms. The molecule has 4 N–H and O–H groups in total. The van der Waals surface area contributed by atoms with Crippen LogP contribution in [0.15, 0.2) is 23.4 Å². The molecule has 0 aromatic heterocycles. The van der Waals surface area contributed by atoms with Crippen LogP contribution in [0.25, 0.3) is 0 Å². The summed E-state index contributed by atoms with van der Waals surface area (Å²) in [6.07, 6.45) is 1.61. The molecule has 0 amide bonds. The van der Waals surface area contributed by atoms with E-state index in [1.54, 1.807) is 18.4 Å². The predicted molar refractivity (Wildman–Crippen MR) is 69.6 cm³/mol. The van der Waals surface area contributed by atoms with Gasteiger partial charge in [-0.05, 0) is 6.07 Å². The minimum absolute atomic E-state index is 0.0656. The monoisotopic (exact) mass is 273 g/mol. The largest absolute Gasteiger partial charge is 0.409 e. The standard InChI is InChI=1S/C11H16FN3O2S/c1-18(17)6-5-14-7-8-3-2-4-9(10(8)12)11(13)15-16/h2-4,14,16H,5-7H2,1H3,(H2,13,15). The second-order valence-corrected chi connectivity index (χ2v) is 5.27. The van der Waals surface area contributed by atoms with Crippen molar-refractivity contribution in [3.05, 3.63) is 35.1 Å². The molecule has 100 valence electrons. The van der Waals surface area contributed by atoms with Crippen molar-refractivity contribution < 1.29 is 13.8 Å². The molecule has 0 aliphatic rings. The van der Waals surface area contributed by atoms with Crippen molar-refractivity contribution in [1.82, 2.24) is 5.32 Å². The third-order valence-electron chi connectivity index (χ3n) is 2.34. The fraction of sp³-hybridized carbons (Fsp3) is 0.364. The van der Waals surface area contributed by atoms with Gasteiger partial charge in [0.2, 0.25) is 0 Å². The normalized spacial score (nSPS) is 13.6. The SMILES string of the molecule is CS(=O)CCNCc1cccc(/C(N)=N/O)c1F. The smallest absolute Gasteiger partial charge is 0.173 e. The third kappa shape index (κ3) is 4.08. The van der Waals surface area contributed by atoms with E-state index in [2.05, 4.69) is 10.5 Å². The van der Waals surface area contributed by atoms with Gasteiger partial charge in [0.15, 0.2) is 5.84 Å². The lowest BCUT2D eigenvalue weighted by atomic mass is 10.1. The van der Waals surface area contributed by atoms with E-state index >= 15 is 0 Å². The van der Waals surface area contributed by atoms with E-state index in [0.29, 0.717) is 24.4 Å². The van der Waals surface area contributed by atoms with Crippen LogP contribution >= 0.6 is 0 Å². The van der Waals surface area contributed by atoms with Gasteiger partial charge in [0, 0.05) is 41.5 Å². The predicted octanol–water partition coefficient (Wildman–Crippen LogP) is 0.388. The van der Waals surface area contributed by atoms with Crippen molar-refractivity contribution in [2.45, 2.75) is 6.54 Å². The summed E-state index contributed by atoms with van der Waals surface area (Å²) in [4.78, 5) is 0. The van der Waals surface area contributed by atoms with Crippen LogP contribution in [0.2, 0.25) is 0 Å². The minimum Gasteiger partial charge on any atom is -0.409 e. The highest BCUT2D eigenvalue weighted by Crippen LogP contribution is 2.12. The zero-order valence-corrected chi connectivity index (χ0v) is 10.8. The molecule has 1 atom stereocenters. The average molecular weight is 273 g/mol. The fourth-order valence-corrected chi connectivity index (χ4v) is 1.84. The Kier molecular flexibility index (Phi) is 5.73. The van der Waals surface area contributed by atoms with Gasteiger partial charge in [-0.15, -0.1) is 0 Å². The first kappa shape index (κ1) is 14.6. The number of hydrogen-bond acceptors (Lipinski definition) is 4. The Bertz CT molecular complexity index is 466. The Morgan fingerprint density at radius 2 is 2.33 bits per heavy atom. The zero-order chi connectivity index (χ0) is 13.5. The van der Waals surface area contributed by atoms with Gasteiger partial charge in [0.05, 0.1) is 5.56 Å². The van der Waals surface area contributed by atoms with E-state index in [4.69, 9.17) is 10.9 Å². The molecule has 0 heterocycles. The summed E-state index contributed by atoms with van der Waals surface area (Å²) in [5, 5.41) is 14.3. The van der Waals surface area contributed by atoms with Gasteiger partial charge >= 0.3 is 0 Å². The van der Waals surface area contributed by atoms with Gasteiger partial charge in [0.25, 0.3) is 0 Å². The lowest BCUT2D eigenvalue weighted by Gasteiger charge is -2.08. The second kappa shape index (κ2) is 7.07. The number of nitrogens with zero attached hydrogens (tertiary/aromatic N) is 1. The van der Waals surface area contributed by atoms with Crippen molar-refractivity contribution in [3.63, 3.8) is 0 Å². The number of halogens is 1. The molecule has 0 saturated heterocycles. The van der Waals surface area contributed by atoms with Crippen molar-refractivity contribution in [3.8, 4) is 0 Å². The molecule has 7 heteroatoms. The van der Waals surface area contributed by atoms with Gasteiger partial charge in [-0.1, -0.05) is 17.3 Å². The highest BCUT2D eigenvalue weighted by molar-refractivity contribution is 7.84. The van der Waals surface area contributed by atoms with Crippen LogP contribution in [0.3, 0.4) is 0 Å². The first-order chi connectivity index (χ1) is 8.56. The van der Waals surface area contributed by atoms with Gasteiger partial charge < -0.3 is 16.3 Å². The Morgan fingerprint density at radius 3 is 2.94 bits per heavy atom. The summed E-state index contributed by atoms with van der Waals surface area (Å²) >= 11 is 0. The Balaban J connectivity index is 2.69. The molecular weight excluding hydrogens is 257 g/mol. The fourth-order valence-electron chi connectivity index (χ4n) is 1.41. The number of hydrogen-bond donors (Lipinski definition) is 3. The third-order valence-corrected chi connectivity index (χ3v) is 3.12. The lowest BCUT2D eigenvalue weighted by Crippen LogP contribution is -2.22. The summed E-state index contributed by atoms with van der Waals surface area (Å²) in [6.45, 7) is 0.839. The van der Waals surface area contributed by atoms with E-state index in [9.17, 15) is 8.60 Å². The number of amidine groups is 1. The van der Waals surface area contributed by atoms with Crippen LogP contribution in [0, 0.1) is 5.82 Å². The van der Waals surface area contributed by atoms with E-state index in [0.717, 1.165) is 0 Å². The van der Waals surface area contributed by atoms with Crippen molar-refractivity contribution in [2.24, 2.45) is 10.9 Å². The van der Waals surface area contributed by atoms with Crippen LogP contribution in [0.1, 0.15) is 11.1 Å². The zero-order valence-electron chi connectivity index (χ0n) is 10.0. The number of nitrogens with one attached hydrogen (secondary N) is 1. The molecule has 0 fully saturated rings. The molecule has 1 aromatic carbocycles. The van der Waals surface area contributed by atoms with E-state index < -0.39 is 16.6 Å². The molecule has 1 aromatic rings. The number of benzene rings is 1. The second-order valence-electron chi connectivity index (χ2n) is 3.72. The summed E-state index contributed by atoms with van der Waals surface area (Å²) in [5.74, 6) is -0.261.